The molecule has 3 rings (SSSR count). The van der Waals surface area contributed by atoms with Gasteiger partial charge in [-0.05, 0) is 37.7 Å². The van der Waals surface area contributed by atoms with Crippen molar-refractivity contribution in [2.24, 2.45) is 11.3 Å². The Morgan fingerprint density at radius 1 is 1.22 bits per heavy atom. The minimum absolute atomic E-state index is 0.0310. The number of carbonyl (C=O) groups excluding carboxylic acids is 2. The molecule has 4 nitrogen and oxygen atoms in total. The first-order valence-electron chi connectivity index (χ1n) is 9.82. The summed E-state index contributed by atoms with van der Waals surface area (Å²) < 4.78 is 27.5. The number of likely N-dealkylation sites (tertiary alicyclic amines) is 2. The van der Waals surface area contributed by atoms with Crippen molar-refractivity contribution in [3.05, 3.63) is 35.4 Å². The minimum atomic E-state index is -0.894. The molecular weight excluding hydrogens is 350 g/mol. The van der Waals surface area contributed by atoms with Crippen molar-refractivity contribution >= 4 is 11.8 Å². The summed E-state index contributed by atoms with van der Waals surface area (Å²) in [6.45, 7) is 5.85. The average molecular weight is 378 g/mol. The molecule has 2 aliphatic heterocycles. The van der Waals surface area contributed by atoms with Gasteiger partial charge in [-0.3, -0.25) is 9.59 Å². The van der Waals surface area contributed by atoms with Gasteiger partial charge in [0.25, 0.3) is 0 Å². The first-order chi connectivity index (χ1) is 12.8. The number of hydrogen-bond acceptors (Lipinski definition) is 2. The van der Waals surface area contributed by atoms with Gasteiger partial charge in [0.15, 0.2) is 11.6 Å². The fourth-order valence-corrected chi connectivity index (χ4v) is 4.21. The number of rotatable bonds is 5. The Morgan fingerprint density at radius 2 is 2.00 bits per heavy atom. The maximum absolute atomic E-state index is 14.0. The van der Waals surface area contributed by atoms with E-state index in [9.17, 15) is 18.4 Å². The monoisotopic (exact) mass is 378 g/mol. The molecule has 27 heavy (non-hydrogen) atoms. The van der Waals surface area contributed by atoms with Crippen molar-refractivity contribution in [3.63, 3.8) is 0 Å². The first-order valence-corrected chi connectivity index (χ1v) is 9.82. The predicted molar refractivity (Wildman–Crippen MR) is 98.7 cm³/mol. The van der Waals surface area contributed by atoms with E-state index in [-0.39, 0.29) is 23.9 Å². The van der Waals surface area contributed by atoms with Crippen LogP contribution in [0, 0.1) is 23.0 Å². The summed E-state index contributed by atoms with van der Waals surface area (Å²) in [6, 6.07) is 4.06. The standard InChI is InChI=1S/C21H28F2N2O2/c1-15(2)7-8-18(26)25-12-10-21(14-25)9-4-11-24(20(21)27)13-16-5-3-6-17(22)19(16)23/h3,5-6,15H,4,7-14H2,1-2H3/t21-/m1/s1. The van der Waals surface area contributed by atoms with Gasteiger partial charge in [-0.15, -0.1) is 0 Å². The number of carbonyl (C=O) groups is 2. The van der Waals surface area contributed by atoms with E-state index in [0.717, 1.165) is 25.3 Å². The molecule has 2 aliphatic rings. The molecule has 0 bridgehead atoms. The predicted octanol–water partition coefficient (Wildman–Crippen LogP) is 3.74. The third-order valence-corrected chi connectivity index (χ3v) is 5.86. The van der Waals surface area contributed by atoms with Crippen LogP contribution in [0.25, 0.3) is 0 Å². The maximum atomic E-state index is 14.0. The van der Waals surface area contributed by atoms with Gasteiger partial charge in [0.2, 0.25) is 11.8 Å². The third-order valence-electron chi connectivity index (χ3n) is 5.86. The number of benzene rings is 1. The van der Waals surface area contributed by atoms with E-state index in [1.165, 1.54) is 12.1 Å². The number of nitrogens with zero attached hydrogens (tertiary/aromatic N) is 2. The van der Waals surface area contributed by atoms with E-state index in [2.05, 4.69) is 13.8 Å². The van der Waals surface area contributed by atoms with Crippen molar-refractivity contribution < 1.29 is 18.4 Å². The molecule has 2 saturated heterocycles. The van der Waals surface area contributed by atoms with E-state index >= 15 is 0 Å². The summed E-state index contributed by atoms with van der Waals surface area (Å²) in [5.41, 5.74) is -0.363. The summed E-state index contributed by atoms with van der Waals surface area (Å²) in [7, 11) is 0. The molecule has 2 amide bonds. The van der Waals surface area contributed by atoms with Crippen molar-refractivity contribution in [2.75, 3.05) is 19.6 Å². The Labute approximate surface area is 159 Å². The molecule has 0 aromatic heterocycles. The fraction of sp³-hybridized carbons (Fsp3) is 0.619. The second-order valence-corrected chi connectivity index (χ2v) is 8.32. The summed E-state index contributed by atoms with van der Waals surface area (Å²) in [5.74, 6) is -1.23. The Morgan fingerprint density at radius 3 is 2.74 bits per heavy atom. The highest BCUT2D eigenvalue weighted by molar-refractivity contribution is 5.86. The van der Waals surface area contributed by atoms with Gasteiger partial charge in [0.1, 0.15) is 0 Å². The fourth-order valence-electron chi connectivity index (χ4n) is 4.21. The molecule has 1 aromatic carbocycles. The second kappa shape index (κ2) is 7.95. The number of amides is 2. The van der Waals surface area contributed by atoms with Crippen LogP contribution in [-0.4, -0.2) is 41.2 Å². The smallest absolute Gasteiger partial charge is 0.230 e. The van der Waals surface area contributed by atoms with Gasteiger partial charge in [0.05, 0.1) is 5.41 Å². The quantitative estimate of drug-likeness (QED) is 0.783. The van der Waals surface area contributed by atoms with Crippen molar-refractivity contribution in [3.8, 4) is 0 Å². The average Bonchev–Trinajstić information content (AvgIpc) is 3.06. The third kappa shape index (κ3) is 4.14. The normalized spacial score (nSPS) is 22.9. The molecule has 6 heteroatoms. The van der Waals surface area contributed by atoms with E-state index in [1.54, 1.807) is 4.90 Å². The van der Waals surface area contributed by atoms with E-state index in [1.807, 2.05) is 4.90 Å². The Balaban J connectivity index is 1.68. The van der Waals surface area contributed by atoms with Crippen LogP contribution in [0.4, 0.5) is 8.78 Å². The lowest BCUT2D eigenvalue weighted by molar-refractivity contribution is -0.146. The zero-order valence-corrected chi connectivity index (χ0v) is 16.1. The van der Waals surface area contributed by atoms with Crippen LogP contribution in [0.1, 0.15) is 51.5 Å². The van der Waals surface area contributed by atoms with Gasteiger partial charge in [-0.25, -0.2) is 8.78 Å². The van der Waals surface area contributed by atoms with Crippen molar-refractivity contribution in [2.45, 2.75) is 52.5 Å². The SMILES string of the molecule is CC(C)CCC(=O)N1CC[C@]2(CCCN(Cc3cccc(F)c3F)C2=O)C1. The molecule has 1 atom stereocenters. The lowest BCUT2D eigenvalue weighted by atomic mass is 9.78. The minimum Gasteiger partial charge on any atom is -0.342 e. The van der Waals surface area contributed by atoms with Gasteiger partial charge in [-0.2, -0.15) is 0 Å². The lowest BCUT2D eigenvalue weighted by Gasteiger charge is -2.39. The molecule has 0 saturated carbocycles. The van der Waals surface area contributed by atoms with Crippen molar-refractivity contribution in [1.29, 1.82) is 0 Å². The summed E-state index contributed by atoms with van der Waals surface area (Å²) in [5, 5.41) is 0. The molecule has 0 unspecified atom stereocenters. The zero-order valence-electron chi connectivity index (χ0n) is 16.1. The van der Waals surface area contributed by atoms with Crippen LogP contribution in [0.15, 0.2) is 18.2 Å². The Hall–Kier alpha value is -1.98. The molecule has 0 aliphatic carbocycles. The molecule has 0 radical (unpaired) electrons. The highest BCUT2D eigenvalue weighted by Gasteiger charge is 2.49. The van der Waals surface area contributed by atoms with E-state index in [4.69, 9.17) is 0 Å². The van der Waals surface area contributed by atoms with Crippen LogP contribution < -0.4 is 0 Å². The van der Waals surface area contributed by atoms with E-state index in [0.29, 0.717) is 38.4 Å². The molecule has 148 valence electrons. The molecule has 2 fully saturated rings. The second-order valence-electron chi connectivity index (χ2n) is 8.32. The van der Waals surface area contributed by atoms with E-state index < -0.39 is 17.0 Å². The molecular formula is C21H28F2N2O2. The number of piperidine rings is 1. The zero-order chi connectivity index (χ0) is 19.6. The first kappa shape index (κ1) is 19.8. The summed E-state index contributed by atoms with van der Waals surface area (Å²) in [6.07, 6.45) is 3.58. The lowest BCUT2D eigenvalue weighted by Crippen LogP contribution is -2.50. The maximum Gasteiger partial charge on any atom is 0.230 e. The molecule has 0 N–H and O–H groups in total. The van der Waals surface area contributed by atoms with Gasteiger partial charge in [0, 0.05) is 38.2 Å². The van der Waals surface area contributed by atoms with Gasteiger partial charge < -0.3 is 9.80 Å². The van der Waals surface area contributed by atoms with Gasteiger partial charge in [-0.1, -0.05) is 26.0 Å². The highest BCUT2D eigenvalue weighted by atomic mass is 19.2. The Bertz CT molecular complexity index is 722. The van der Waals surface area contributed by atoms with Crippen LogP contribution in [-0.2, 0) is 16.1 Å². The molecule has 1 aromatic rings. The highest BCUT2D eigenvalue weighted by Crippen LogP contribution is 2.41. The van der Waals surface area contributed by atoms with Crippen LogP contribution in [0.5, 0.6) is 0 Å². The van der Waals surface area contributed by atoms with Crippen LogP contribution in [0.3, 0.4) is 0 Å². The summed E-state index contributed by atoms with van der Waals surface area (Å²) in [4.78, 5) is 29.0. The van der Waals surface area contributed by atoms with Crippen LogP contribution in [0.2, 0.25) is 0 Å². The topological polar surface area (TPSA) is 40.6 Å². The largest absolute Gasteiger partial charge is 0.342 e. The Kier molecular flexibility index (Phi) is 5.82. The van der Waals surface area contributed by atoms with Crippen molar-refractivity contribution in [1.82, 2.24) is 9.80 Å². The van der Waals surface area contributed by atoms with Gasteiger partial charge >= 0.3 is 0 Å². The molecule has 1 spiro atoms. The summed E-state index contributed by atoms with van der Waals surface area (Å²) >= 11 is 0. The van der Waals surface area contributed by atoms with Crippen LogP contribution >= 0.6 is 0 Å². The number of halogens is 2. The number of hydrogen-bond donors (Lipinski definition) is 0. The molecule has 2 heterocycles.